The smallest absolute Gasteiger partial charge is 0.142 e. The van der Waals surface area contributed by atoms with Gasteiger partial charge < -0.3 is 5.32 Å². The van der Waals surface area contributed by atoms with Gasteiger partial charge in [-0.1, -0.05) is 31.9 Å². The summed E-state index contributed by atoms with van der Waals surface area (Å²) in [5, 5.41) is 3.53. The van der Waals surface area contributed by atoms with E-state index in [1.165, 1.54) is 25.7 Å². The molecule has 1 atom stereocenters. The van der Waals surface area contributed by atoms with Crippen LogP contribution in [0.15, 0.2) is 22.7 Å². The first-order valence-electron chi connectivity index (χ1n) is 6.91. The predicted octanol–water partition coefficient (Wildman–Crippen LogP) is 4.82. The van der Waals surface area contributed by atoms with E-state index in [2.05, 4.69) is 28.2 Å². The van der Waals surface area contributed by atoms with Crippen molar-refractivity contribution in [1.29, 1.82) is 0 Å². The van der Waals surface area contributed by atoms with E-state index in [1.807, 2.05) is 12.1 Å². The molecule has 0 bridgehead atoms. The second kappa shape index (κ2) is 6.67. The number of benzene rings is 1. The fourth-order valence-electron chi connectivity index (χ4n) is 2.88. The Labute approximate surface area is 117 Å². The number of nitrogens with one attached hydrogen (secondary N) is 1. The molecule has 1 N–H and O–H groups in total. The summed E-state index contributed by atoms with van der Waals surface area (Å²) in [6.45, 7) is 3.10. The molecule has 100 valence electrons. The van der Waals surface area contributed by atoms with E-state index in [0.29, 0.717) is 10.4 Å². The van der Waals surface area contributed by atoms with Gasteiger partial charge in [0.2, 0.25) is 0 Å². The molecule has 1 aliphatic carbocycles. The summed E-state index contributed by atoms with van der Waals surface area (Å²) >= 11 is 3.29. The Morgan fingerprint density at radius 3 is 2.78 bits per heavy atom. The molecule has 2 rings (SSSR count). The normalized spacial score (nSPS) is 18.2. The van der Waals surface area contributed by atoms with Crippen molar-refractivity contribution in [3.63, 3.8) is 0 Å². The van der Waals surface area contributed by atoms with Crippen LogP contribution in [0, 0.1) is 11.7 Å². The second-order valence-corrected chi connectivity index (χ2v) is 5.97. The van der Waals surface area contributed by atoms with Gasteiger partial charge in [0, 0.05) is 11.6 Å². The minimum absolute atomic E-state index is 0.0991. The molecule has 1 saturated carbocycles. The van der Waals surface area contributed by atoms with Crippen molar-refractivity contribution in [1.82, 2.24) is 5.32 Å². The second-order valence-electron chi connectivity index (χ2n) is 5.12. The van der Waals surface area contributed by atoms with Gasteiger partial charge in [-0.05, 0) is 53.7 Å². The summed E-state index contributed by atoms with van der Waals surface area (Å²) in [5.74, 6) is 0.485. The average Bonchev–Trinajstić information content (AvgIpc) is 2.88. The van der Waals surface area contributed by atoms with Crippen molar-refractivity contribution in [3.05, 3.63) is 34.1 Å². The van der Waals surface area contributed by atoms with E-state index in [-0.39, 0.29) is 11.9 Å². The first kappa shape index (κ1) is 14.0. The maximum Gasteiger partial charge on any atom is 0.142 e. The summed E-state index contributed by atoms with van der Waals surface area (Å²) < 4.78 is 14.8. The highest BCUT2D eigenvalue weighted by Crippen LogP contribution is 2.37. The van der Waals surface area contributed by atoms with Crippen LogP contribution in [-0.2, 0) is 0 Å². The van der Waals surface area contributed by atoms with E-state index in [4.69, 9.17) is 0 Å². The summed E-state index contributed by atoms with van der Waals surface area (Å²) in [7, 11) is 0. The molecule has 0 aliphatic heterocycles. The molecule has 1 aromatic carbocycles. The van der Waals surface area contributed by atoms with Crippen LogP contribution in [0.4, 0.5) is 4.39 Å². The number of halogens is 2. The molecule has 0 radical (unpaired) electrons. The van der Waals surface area contributed by atoms with Gasteiger partial charge in [-0.15, -0.1) is 0 Å². The highest BCUT2D eigenvalue weighted by Gasteiger charge is 2.28. The van der Waals surface area contributed by atoms with E-state index >= 15 is 0 Å². The molecule has 1 aromatic rings. The molecule has 1 aliphatic rings. The first-order valence-corrected chi connectivity index (χ1v) is 7.70. The molecule has 0 amide bonds. The van der Waals surface area contributed by atoms with Crippen molar-refractivity contribution in [2.24, 2.45) is 5.92 Å². The van der Waals surface area contributed by atoms with E-state index in [1.54, 1.807) is 6.07 Å². The van der Waals surface area contributed by atoms with E-state index in [0.717, 1.165) is 18.5 Å². The number of rotatable bonds is 5. The van der Waals surface area contributed by atoms with Crippen molar-refractivity contribution in [2.75, 3.05) is 6.54 Å². The van der Waals surface area contributed by atoms with Gasteiger partial charge in [-0.2, -0.15) is 0 Å². The van der Waals surface area contributed by atoms with Crippen LogP contribution in [-0.4, -0.2) is 6.54 Å². The van der Waals surface area contributed by atoms with Gasteiger partial charge in [-0.25, -0.2) is 4.39 Å². The lowest BCUT2D eigenvalue weighted by Gasteiger charge is -2.26. The first-order chi connectivity index (χ1) is 8.74. The van der Waals surface area contributed by atoms with Gasteiger partial charge >= 0.3 is 0 Å². The Kier molecular flexibility index (Phi) is 5.19. The Hall–Kier alpha value is -0.410. The van der Waals surface area contributed by atoms with Gasteiger partial charge in [0.25, 0.3) is 0 Å². The molecule has 1 fully saturated rings. The number of hydrogen-bond acceptors (Lipinski definition) is 1. The molecule has 0 aromatic heterocycles. The van der Waals surface area contributed by atoms with Gasteiger partial charge in [0.1, 0.15) is 5.82 Å². The maximum absolute atomic E-state index is 14.2. The topological polar surface area (TPSA) is 12.0 Å². The predicted molar refractivity (Wildman–Crippen MR) is 77.1 cm³/mol. The molecule has 0 heterocycles. The van der Waals surface area contributed by atoms with Crippen LogP contribution in [0.3, 0.4) is 0 Å². The third-order valence-corrected chi connectivity index (χ3v) is 4.41. The highest BCUT2D eigenvalue weighted by atomic mass is 79.9. The zero-order valence-electron chi connectivity index (χ0n) is 10.9. The van der Waals surface area contributed by atoms with Crippen molar-refractivity contribution in [3.8, 4) is 0 Å². The molecule has 1 unspecified atom stereocenters. The Morgan fingerprint density at radius 2 is 2.11 bits per heavy atom. The van der Waals surface area contributed by atoms with Crippen LogP contribution in [0.25, 0.3) is 0 Å². The molecule has 0 spiro atoms. The third-order valence-electron chi connectivity index (χ3n) is 3.80. The third kappa shape index (κ3) is 3.12. The molecule has 1 nitrogen and oxygen atoms in total. The monoisotopic (exact) mass is 313 g/mol. The van der Waals surface area contributed by atoms with Crippen LogP contribution >= 0.6 is 15.9 Å². The van der Waals surface area contributed by atoms with Crippen molar-refractivity contribution in [2.45, 2.75) is 45.1 Å². The van der Waals surface area contributed by atoms with Crippen LogP contribution in [0.1, 0.15) is 50.6 Å². The lowest BCUT2D eigenvalue weighted by atomic mass is 9.91. The van der Waals surface area contributed by atoms with E-state index in [9.17, 15) is 4.39 Å². The SMILES string of the molecule is CCCNC(c1cccc(Br)c1F)C1CCCC1. The molecular weight excluding hydrogens is 293 g/mol. The quantitative estimate of drug-likeness (QED) is 0.821. The van der Waals surface area contributed by atoms with E-state index < -0.39 is 0 Å². The molecule has 3 heteroatoms. The highest BCUT2D eigenvalue weighted by molar-refractivity contribution is 9.10. The summed E-state index contributed by atoms with van der Waals surface area (Å²) in [5.41, 5.74) is 0.824. The van der Waals surface area contributed by atoms with Gasteiger partial charge in [-0.3, -0.25) is 0 Å². The van der Waals surface area contributed by atoms with Crippen molar-refractivity contribution < 1.29 is 4.39 Å². The minimum atomic E-state index is -0.0991. The summed E-state index contributed by atoms with van der Waals surface area (Å²) in [4.78, 5) is 0. The lowest BCUT2D eigenvalue weighted by molar-refractivity contribution is 0.357. The average molecular weight is 314 g/mol. The molecule has 18 heavy (non-hydrogen) atoms. The zero-order valence-corrected chi connectivity index (χ0v) is 12.5. The Balaban J connectivity index is 2.23. The zero-order chi connectivity index (χ0) is 13.0. The molecule has 0 saturated heterocycles. The Morgan fingerprint density at radius 1 is 1.39 bits per heavy atom. The van der Waals surface area contributed by atoms with Crippen molar-refractivity contribution >= 4 is 15.9 Å². The Bertz CT molecular complexity index is 388. The fourth-order valence-corrected chi connectivity index (χ4v) is 3.26. The molecular formula is C15H21BrFN. The van der Waals surface area contributed by atoms with Gasteiger partial charge in [0.05, 0.1) is 4.47 Å². The fraction of sp³-hybridized carbons (Fsp3) is 0.600. The maximum atomic E-state index is 14.2. The van der Waals surface area contributed by atoms with Crippen LogP contribution in [0.5, 0.6) is 0 Å². The van der Waals surface area contributed by atoms with Crippen LogP contribution in [0.2, 0.25) is 0 Å². The van der Waals surface area contributed by atoms with Gasteiger partial charge in [0.15, 0.2) is 0 Å². The lowest BCUT2D eigenvalue weighted by Crippen LogP contribution is -2.28. The summed E-state index contributed by atoms with van der Waals surface area (Å²) in [6, 6.07) is 5.79. The minimum Gasteiger partial charge on any atom is -0.310 e. The standard InChI is InChI=1S/C15H21BrFN/c1-2-10-18-15(11-6-3-4-7-11)12-8-5-9-13(16)14(12)17/h5,8-9,11,15,18H,2-4,6-7,10H2,1H3. The van der Waals surface area contributed by atoms with Crippen LogP contribution < -0.4 is 5.32 Å². The largest absolute Gasteiger partial charge is 0.310 e. The number of hydrogen-bond donors (Lipinski definition) is 1. The summed E-state index contributed by atoms with van der Waals surface area (Å²) in [6.07, 6.45) is 6.08.